The molecule has 6 aromatic carbocycles. The fourth-order valence-electron chi connectivity index (χ4n) is 6.43. The normalized spacial score (nSPS) is 11.6. The first-order valence-electron chi connectivity index (χ1n) is 16.3. The third-order valence-corrected chi connectivity index (χ3v) is 8.82. The molecule has 0 bridgehead atoms. The highest BCUT2D eigenvalue weighted by Crippen LogP contribution is 2.44. The van der Waals surface area contributed by atoms with Gasteiger partial charge in [-0.1, -0.05) is 146 Å². The summed E-state index contributed by atoms with van der Waals surface area (Å²) in [5.74, 6) is 3.67. The lowest BCUT2D eigenvalue weighted by Gasteiger charge is -2.14. The molecule has 0 fully saturated rings. The van der Waals surface area contributed by atoms with Crippen LogP contribution >= 0.6 is 0 Å². The molecule has 0 unspecified atom stereocenters. The van der Waals surface area contributed by atoms with Crippen LogP contribution in [0.25, 0.3) is 79.5 Å². The Labute approximate surface area is 284 Å². The Balaban J connectivity index is 1.30. The van der Waals surface area contributed by atoms with Crippen molar-refractivity contribution in [3.8, 4) is 79.5 Å². The Kier molecular flexibility index (Phi) is 7.09. The minimum atomic E-state index is 0.585. The molecule has 2 aromatic heterocycles. The molecule has 6 nitrogen and oxygen atoms in total. The Morgan fingerprint density at radius 1 is 0.286 bits per heavy atom. The zero-order valence-corrected chi connectivity index (χ0v) is 26.4. The van der Waals surface area contributed by atoms with Crippen LogP contribution in [0.1, 0.15) is 11.1 Å². The molecule has 2 heterocycles. The molecule has 0 saturated carbocycles. The topological polar surface area (TPSA) is 77.3 Å². The molecule has 230 valence electrons. The van der Waals surface area contributed by atoms with Crippen molar-refractivity contribution < 1.29 is 0 Å². The maximum atomic E-state index is 5.13. The molecule has 8 aromatic rings. The van der Waals surface area contributed by atoms with Crippen LogP contribution in [0.2, 0.25) is 0 Å². The number of benzene rings is 6. The summed E-state index contributed by atoms with van der Waals surface area (Å²) in [4.78, 5) is 30.3. The Morgan fingerprint density at radius 3 is 1.08 bits per heavy atom. The number of nitrogens with zero attached hydrogens (tertiary/aromatic N) is 6. The lowest BCUT2D eigenvalue weighted by atomic mass is 9.96. The van der Waals surface area contributed by atoms with Crippen molar-refractivity contribution in [2.24, 2.45) is 0 Å². The lowest BCUT2D eigenvalue weighted by Crippen LogP contribution is -2.03. The summed E-state index contributed by atoms with van der Waals surface area (Å²) >= 11 is 0. The van der Waals surface area contributed by atoms with E-state index in [2.05, 4.69) is 36.4 Å². The Morgan fingerprint density at radius 2 is 0.633 bits per heavy atom. The van der Waals surface area contributed by atoms with E-state index in [1.807, 2.05) is 121 Å². The van der Waals surface area contributed by atoms with Gasteiger partial charge in [-0.15, -0.1) is 0 Å². The SMILES string of the molecule is c1ccc(-c2nc(-c3ccccc3)nc(-c3cc(-c4nc(-c5ccccc5)nc(-c5ccccc5)n4)c4c(c3)-c3ccccc3C4)n2)cc1. The van der Waals surface area contributed by atoms with E-state index in [1.165, 1.54) is 16.7 Å². The van der Waals surface area contributed by atoms with Crippen molar-refractivity contribution >= 4 is 0 Å². The first-order chi connectivity index (χ1) is 24.3. The van der Waals surface area contributed by atoms with E-state index in [-0.39, 0.29) is 0 Å². The smallest absolute Gasteiger partial charge is 0.164 e. The molecule has 0 spiro atoms. The summed E-state index contributed by atoms with van der Waals surface area (Å²) < 4.78 is 0. The number of rotatable bonds is 6. The van der Waals surface area contributed by atoms with Crippen molar-refractivity contribution in [3.63, 3.8) is 0 Å². The van der Waals surface area contributed by atoms with E-state index in [4.69, 9.17) is 29.9 Å². The zero-order chi connectivity index (χ0) is 32.6. The molecule has 0 saturated heterocycles. The molecule has 0 radical (unpaired) electrons. The molecule has 9 rings (SSSR count). The highest BCUT2D eigenvalue weighted by atomic mass is 15.0. The van der Waals surface area contributed by atoms with E-state index in [0.717, 1.165) is 45.4 Å². The van der Waals surface area contributed by atoms with Crippen LogP contribution in [0, 0.1) is 0 Å². The van der Waals surface area contributed by atoms with Crippen molar-refractivity contribution in [3.05, 3.63) is 169 Å². The van der Waals surface area contributed by atoms with Crippen molar-refractivity contribution in [2.45, 2.75) is 6.42 Å². The van der Waals surface area contributed by atoms with Crippen LogP contribution < -0.4 is 0 Å². The van der Waals surface area contributed by atoms with Gasteiger partial charge in [0.1, 0.15) is 0 Å². The molecule has 0 atom stereocenters. The highest BCUT2D eigenvalue weighted by molar-refractivity contribution is 5.88. The van der Waals surface area contributed by atoms with Crippen LogP contribution in [0.15, 0.2) is 158 Å². The zero-order valence-electron chi connectivity index (χ0n) is 26.4. The second kappa shape index (κ2) is 12.2. The first-order valence-corrected chi connectivity index (χ1v) is 16.3. The quantitative estimate of drug-likeness (QED) is 0.182. The summed E-state index contributed by atoms with van der Waals surface area (Å²) in [7, 11) is 0. The fraction of sp³-hybridized carbons (Fsp3) is 0.0233. The summed E-state index contributed by atoms with van der Waals surface area (Å²) in [6, 6.07) is 53.2. The maximum Gasteiger partial charge on any atom is 0.164 e. The first kappa shape index (κ1) is 28.6. The van der Waals surface area contributed by atoms with Gasteiger partial charge in [-0.3, -0.25) is 0 Å². The Bertz CT molecular complexity index is 2330. The van der Waals surface area contributed by atoms with E-state index >= 15 is 0 Å². The van der Waals surface area contributed by atoms with Gasteiger partial charge in [0, 0.05) is 33.4 Å². The van der Waals surface area contributed by atoms with Crippen LogP contribution in [-0.2, 0) is 6.42 Å². The van der Waals surface area contributed by atoms with Gasteiger partial charge in [-0.25, -0.2) is 29.9 Å². The third kappa shape index (κ3) is 5.45. The second-order valence-corrected chi connectivity index (χ2v) is 12.0. The minimum absolute atomic E-state index is 0.585. The van der Waals surface area contributed by atoms with Crippen molar-refractivity contribution in [1.82, 2.24) is 29.9 Å². The molecule has 1 aliphatic rings. The predicted molar refractivity (Wildman–Crippen MR) is 194 cm³/mol. The molecule has 6 heteroatoms. The minimum Gasteiger partial charge on any atom is -0.208 e. The molecule has 0 aliphatic heterocycles. The van der Waals surface area contributed by atoms with E-state index in [9.17, 15) is 0 Å². The number of aromatic nitrogens is 6. The van der Waals surface area contributed by atoms with Gasteiger partial charge in [-0.05, 0) is 40.8 Å². The molecular formula is C43H28N6. The molecular weight excluding hydrogens is 601 g/mol. The maximum absolute atomic E-state index is 5.13. The van der Waals surface area contributed by atoms with Gasteiger partial charge in [-0.2, -0.15) is 0 Å². The van der Waals surface area contributed by atoms with Crippen LogP contribution in [0.3, 0.4) is 0 Å². The van der Waals surface area contributed by atoms with Gasteiger partial charge in [0.2, 0.25) is 0 Å². The summed E-state index contributed by atoms with van der Waals surface area (Å²) in [6.07, 6.45) is 0.774. The van der Waals surface area contributed by atoms with Crippen molar-refractivity contribution in [2.75, 3.05) is 0 Å². The van der Waals surface area contributed by atoms with Crippen LogP contribution in [0.5, 0.6) is 0 Å². The van der Waals surface area contributed by atoms with Gasteiger partial charge in [0.15, 0.2) is 34.9 Å². The highest BCUT2D eigenvalue weighted by Gasteiger charge is 2.26. The number of hydrogen-bond donors (Lipinski definition) is 0. The molecule has 0 N–H and O–H groups in total. The van der Waals surface area contributed by atoms with Crippen LogP contribution in [-0.4, -0.2) is 29.9 Å². The van der Waals surface area contributed by atoms with Crippen molar-refractivity contribution in [1.29, 1.82) is 0 Å². The van der Waals surface area contributed by atoms with E-state index in [0.29, 0.717) is 34.9 Å². The average Bonchev–Trinajstić information content (AvgIpc) is 3.57. The second-order valence-electron chi connectivity index (χ2n) is 12.0. The average molecular weight is 629 g/mol. The molecule has 49 heavy (non-hydrogen) atoms. The molecule has 0 amide bonds. The van der Waals surface area contributed by atoms with Crippen LogP contribution in [0.4, 0.5) is 0 Å². The monoisotopic (exact) mass is 628 g/mol. The standard InChI is InChI=1S/C43H28N6/c1-5-15-28(16-6-1)38-44-39(29-17-7-2-8-18-29)47-42(46-38)33-26-35-34-24-14-13-23-32(34)25-36(35)37(27-33)43-48-40(30-19-9-3-10-20-30)45-41(49-43)31-21-11-4-12-22-31/h1-24,26-27H,25H2. The fourth-order valence-corrected chi connectivity index (χ4v) is 6.43. The largest absolute Gasteiger partial charge is 0.208 e. The third-order valence-electron chi connectivity index (χ3n) is 8.82. The summed E-state index contributed by atoms with van der Waals surface area (Å²) in [6.45, 7) is 0. The lowest BCUT2D eigenvalue weighted by molar-refractivity contribution is 1.06. The van der Waals surface area contributed by atoms with E-state index < -0.39 is 0 Å². The molecule has 1 aliphatic carbocycles. The number of hydrogen-bond acceptors (Lipinski definition) is 6. The van der Waals surface area contributed by atoms with Gasteiger partial charge in [0.25, 0.3) is 0 Å². The van der Waals surface area contributed by atoms with Gasteiger partial charge >= 0.3 is 0 Å². The summed E-state index contributed by atoms with van der Waals surface area (Å²) in [5, 5.41) is 0. The number of fused-ring (bicyclic) bond motifs is 3. The van der Waals surface area contributed by atoms with Gasteiger partial charge in [0.05, 0.1) is 0 Å². The van der Waals surface area contributed by atoms with E-state index in [1.54, 1.807) is 0 Å². The van der Waals surface area contributed by atoms with Gasteiger partial charge < -0.3 is 0 Å². The predicted octanol–water partition coefficient (Wildman–Crippen LogP) is 9.63. The summed E-state index contributed by atoms with van der Waals surface area (Å²) in [5.41, 5.74) is 10.3. The Hall–Kier alpha value is -6.66.